The van der Waals surface area contributed by atoms with Gasteiger partial charge in [0.2, 0.25) is 0 Å². The molecule has 3 nitrogen and oxygen atoms in total. The van der Waals surface area contributed by atoms with Crippen LogP contribution in [0.15, 0.2) is 18.2 Å². The summed E-state index contributed by atoms with van der Waals surface area (Å²) in [4.78, 5) is 14.0. The van der Waals surface area contributed by atoms with Crippen molar-refractivity contribution in [3.05, 3.63) is 35.0 Å². The Hall–Kier alpha value is -1.77. The molecule has 15 heavy (non-hydrogen) atoms. The van der Waals surface area contributed by atoms with Crippen LogP contribution in [0.3, 0.4) is 0 Å². The van der Waals surface area contributed by atoms with E-state index in [4.69, 9.17) is 0 Å². The van der Waals surface area contributed by atoms with Crippen molar-refractivity contribution in [1.29, 1.82) is 0 Å². The van der Waals surface area contributed by atoms with Crippen LogP contribution in [0.2, 0.25) is 0 Å². The molecule has 0 aliphatic heterocycles. The summed E-state index contributed by atoms with van der Waals surface area (Å²) < 4.78 is 0. The average Bonchev–Trinajstić information content (AvgIpc) is 2.55. The first-order valence-electron chi connectivity index (χ1n) is 4.96. The molecular formula is C12H12NO2-. The number of carbonyl (C=O) groups is 1. The van der Waals surface area contributed by atoms with Crippen LogP contribution in [0.5, 0.6) is 0 Å². The summed E-state index contributed by atoms with van der Waals surface area (Å²) in [5.41, 5.74) is 3.11. The molecule has 1 heterocycles. The molecular weight excluding hydrogens is 190 g/mol. The Labute approximate surface area is 87.7 Å². The van der Waals surface area contributed by atoms with Crippen molar-refractivity contribution < 1.29 is 9.90 Å². The molecule has 0 aliphatic carbocycles. The van der Waals surface area contributed by atoms with E-state index >= 15 is 0 Å². The van der Waals surface area contributed by atoms with Gasteiger partial charge in [0, 0.05) is 16.6 Å². The molecule has 2 rings (SSSR count). The Balaban J connectivity index is 2.81. The predicted octanol–water partition coefficient (Wildman–Crippen LogP) is 1.40. The Morgan fingerprint density at radius 2 is 2.20 bits per heavy atom. The lowest BCUT2D eigenvalue weighted by atomic mass is 10.1. The first kappa shape index (κ1) is 9.77. The van der Waals surface area contributed by atoms with Gasteiger partial charge in [0.15, 0.2) is 0 Å². The third-order valence-electron chi connectivity index (χ3n) is 2.77. The molecule has 0 spiro atoms. The first-order valence-corrected chi connectivity index (χ1v) is 4.96. The Morgan fingerprint density at radius 3 is 2.80 bits per heavy atom. The minimum absolute atomic E-state index is 0.232. The summed E-state index contributed by atoms with van der Waals surface area (Å²) in [6.45, 7) is 4.03. The van der Waals surface area contributed by atoms with Gasteiger partial charge in [0.1, 0.15) is 0 Å². The van der Waals surface area contributed by atoms with Crippen LogP contribution in [0, 0.1) is 6.92 Å². The number of carboxylic acid groups (broad SMARTS) is 1. The molecule has 0 amide bonds. The fourth-order valence-corrected chi connectivity index (χ4v) is 1.93. The maximum Gasteiger partial charge on any atom is 0.0736 e. The fourth-order valence-electron chi connectivity index (χ4n) is 1.93. The zero-order valence-electron chi connectivity index (χ0n) is 8.76. The van der Waals surface area contributed by atoms with Crippen LogP contribution < -0.4 is 5.11 Å². The van der Waals surface area contributed by atoms with Gasteiger partial charge in [0.05, 0.1) is 11.5 Å². The van der Waals surface area contributed by atoms with E-state index in [1.165, 1.54) is 0 Å². The number of aromatic carboxylic acids is 1. The lowest BCUT2D eigenvalue weighted by Crippen LogP contribution is -2.22. The van der Waals surface area contributed by atoms with E-state index in [1.807, 2.05) is 19.9 Å². The van der Waals surface area contributed by atoms with E-state index in [9.17, 15) is 9.90 Å². The van der Waals surface area contributed by atoms with Crippen molar-refractivity contribution in [3.8, 4) is 0 Å². The highest BCUT2D eigenvalue weighted by atomic mass is 16.4. The zero-order valence-corrected chi connectivity index (χ0v) is 8.76. The van der Waals surface area contributed by atoms with Gasteiger partial charge >= 0.3 is 0 Å². The number of hydrogen-bond donors (Lipinski definition) is 1. The van der Waals surface area contributed by atoms with Crippen molar-refractivity contribution in [3.63, 3.8) is 0 Å². The quantitative estimate of drug-likeness (QED) is 0.800. The lowest BCUT2D eigenvalue weighted by Gasteiger charge is -2.03. The van der Waals surface area contributed by atoms with Gasteiger partial charge in [-0.1, -0.05) is 25.1 Å². The number of aryl methyl sites for hydroxylation is 2. The van der Waals surface area contributed by atoms with Gasteiger partial charge in [-0.05, 0) is 18.9 Å². The van der Waals surface area contributed by atoms with Gasteiger partial charge in [-0.2, -0.15) is 0 Å². The highest BCUT2D eigenvalue weighted by molar-refractivity contribution is 6.02. The number of carboxylic acids is 1. The third-order valence-corrected chi connectivity index (χ3v) is 2.77. The fraction of sp³-hybridized carbons (Fsp3) is 0.250. The van der Waals surface area contributed by atoms with E-state index in [0.29, 0.717) is 5.52 Å². The molecule has 0 fully saturated rings. The molecule has 0 radical (unpaired) electrons. The molecule has 0 unspecified atom stereocenters. The Morgan fingerprint density at radius 1 is 1.47 bits per heavy atom. The van der Waals surface area contributed by atoms with Crippen molar-refractivity contribution in [2.45, 2.75) is 20.3 Å². The number of aromatic amines is 1. The number of rotatable bonds is 2. The van der Waals surface area contributed by atoms with E-state index in [2.05, 4.69) is 4.98 Å². The molecule has 0 atom stereocenters. The van der Waals surface area contributed by atoms with Crippen molar-refractivity contribution >= 4 is 16.9 Å². The number of carbonyl (C=O) groups excluding carboxylic acids is 1. The number of benzene rings is 1. The highest BCUT2D eigenvalue weighted by Gasteiger charge is 2.09. The average molecular weight is 202 g/mol. The Bertz CT molecular complexity index is 526. The van der Waals surface area contributed by atoms with Crippen LogP contribution in [0.1, 0.15) is 28.5 Å². The maximum atomic E-state index is 10.9. The van der Waals surface area contributed by atoms with Gasteiger partial charge in [0.25, 0.3) is 0 Å². The monoisotopic (exact) mass is 202 g/mol. The smallest absolute Gasteiger partial charge is 0.0736 e. The molecule has 78 valence electrons. The SMILES string of the molecule is CCc1[nH]c2c(C(=O)[O-])cccc2c1C. The van der Waals surface area contributed by atoms with Crippen LogP contribution in [-0.2, 0) is 6.42 Å². The summed E-state index contributed by atoms with van der Waals surface area (Å²) in [5, 5.41) is 11.9. The van der Waals surface area contributed by atoms with E-state index in [-0.39, 0.29) is 5.56 Å². The van der Waals surface area contributed by atoms with Gasteiger partial charge in [-0.25, -0.2) is 0 Å². The molecule has 0 aliphatic rings. The van der Waals surface area contributed by atoms with Crippen LogP contribution >= 0.6 is 0 Å². The second-order valence-corrected chi connectivity index (χ2v) is 3.60. The number of fused-ring (bicyclic) bond motifs is 1. The molecule has 0 bridgehead atoms. The normalized spacial score (nSPS) is 10.8. The van der Waals surface area contributed by atoms with Crippen molar-refractivity contribution in [2.24, 2.45) is 0 Å². The lowest BCUT2D eigenvalue weighted by molar-refractivity contribution is -0.254. The van der Waals surface area contributed by atoms with Crippen molar-refractivity contribution in [1.82, 2.24) is 4.98 Å². The largest absolute Gasteiger partial charge is 0.545 e. The minimum atomic E-state index is -1.13. The number of H-pyrrole nitrogens is 1. The number of nitrogens with one attached hydrogen (secondary N) is 1. The van der Waals surface area contributed by atoms with Crippen molar-refractivity contribution in [2.75, 3.05) is 0 Å². The second-order valence-electron chi connectivity index (χ2n) is 3.60. The topological polar surface area (TPSA) is 55.9 Å². The zero-order chi connectivity index (χ0) is 11.0. The summed E-state index contributed by atoms with van der Waals surface area (Å²) in [6, 6.07) is 5.23. The number of hydrogen-bond acceptors (Lipinski definition) is 2. The van der Waals surface area contributed by atoms with Gasteiger partial charge in [-0.3, -0.25) is 0 Å². The molecule has 1 N–H and O–H groups in total. The molecule has 1 aromatic carbocycles. The van der Waals surface area contributed by atoms with Gasteiger partial charge < -0.3 is 14.9 Å². The maximum absolute atomic E-state index is 10.9. The minimum Gasteiger partial charge on any atom is -0.545 e. The molecule has 1 aromatic heterocycles. The summed E-state index contributed by atoms with van der Waals surface area (Å²) >= 11 is 0. The second kappa shape index (κ2) is 3.42. The summed E-state index contributed by atoms with van der Waals surface area (Å²) in [7, 11) is 0. The van der Waals surface area contributed by atoms with Gasteiger partial charge in [-0.15, -0.1) is 0 Å². The summed E-state index contributed by atoms with van der Waals surface area (Å²) in [6.07, 6.45) is 0.868. The number of para-hydroxylation sites is 1. The van der Waals surface area contributed by atoms with E-state index in [0.717, 1.165) is 23.1 Å². The molecule has 0 saturated carbocycles. The standard InChI is InChI=1S/C12H13NO2/c1-3-10-7(2)8-5-4-6-9(12(14)15)11(8)13-10/h4-6,13H,3H2,1-2H3,(H,14,15)/p-1. The molecule has 2 aromatic rings. The Kier molecular flexibility index (Phi) is 2.23. The van der Waals surface area contributed by atoms with Crippen LogP contribution in [0.4, 0.5) is 0 Å². The molecule has 3 heteroatoms. The van der Waals surface area contributed by atoms with E-state index in [1.54, 1.807) is 12.1 Å². The van der Waals surface area contributed by atoms with Crippen LogP contribution in [-0.4, -0.2) is 11.0 Å². The highest BCUT2D eigenvalue weighted by Crippen LogP contribution is 2.24. The predicted molar refractivity (Wildman–Crippen MR) is 56.7 cm³/mol. The van der Waals surface area contributed by atoms with Crippen LogP contribution in [0.25, 0.3) is 10.9 Å². The molecule has 0 saturated heterocycles. The summed E-state index contributed by atoms with van der Waals surface area (Å²) in [5.74, 6) is -1.13. The number of aromatic nitrogens is 1. The van der Waals surface area contributed by atoms with E-state index < -0.39 is 5.97 Å². The first-order chi connectivity index (χ1) is 7.15. The third kappa shape index (κ3) is 1.40.